The van der Waals surface area contributed by atoms with Gasteiger partial charge in [0.2, 0.25) is 0 Å². The van der Waals surface area contributed by atoms with Gasteiger partial charge in [0.15, 0.2) is 5.75 Å². The van der Waals surface area contributed by atoms with E-state index in [1.807, 2.05) is 6.92 Å². The number of ether oxygens (including phenoxy) is 1. The zero-order valence-corrected chi connectivity index (χ0v) is 14.1. The van der Waals surface area contributed by atoms with Crippen molar-refractivity contribution in [3.8, 4) is 5.75 Å². The fraction of sp³-hybridized carbons (Fsp3) is 0.667. The molecule has 0 bridgehead atoms. The number of nitrogens with one attached hydrogen (secondary N) is 1. The Hall–Kier alpha value is -1.43. The second-order valence-corrected chi connectivity index (χ2v) is 7.27. The molecule has 0 aromatic carbocycles. The van der Waals surface area contributed by atoms with Crippen molar-refractivity contribution in [3.05, 3.63) is 4.88 Å². The van der Waals surface area contributed by atoms with Crippen LogP contribution in [0.5, 0.6) is 5.75 Å². The van der Waals surface area contributed by atoms with Crippen molar-refractivity contribution in [2.75, 3.05) is 37.4 Å². The van der Waals surface area contributed by atoms with Crippen molar-refractivity contribution in [3.63, 3.8) is 0 Å². The fourth-order valence-electron chi connectivity index (χ4n) is 2.59. The van der Waals surface area contributed by atoms with E-state index in [-0.39, 0.29) is 11.3 Å². The van der Waals surface area contributed by atoms with Crippen LogP contribution in [0.15, 0.2) is 0 Å². The van der Waals surface area contributed by atoms with E-state index in [9.17, 15) is 4.79 Å². The first-order chi connectivity index (χ1) is 9.89. The van der Waals surface area contributed by atoms with Crippen molar-refractivity contribution < 1.29 is 9.53 Å². The minimum atomic E-state index is -0.109. The molecule has 1 aliphatic heterocycles. The third-order valence-corrected chi connectivity index (χ3v) is 5.04. The maximum absolute atomic E-state index is 12.2. The van der Waals surface area contributed by atoms with Crippen LogP contribution in [0.4, 0.5) is 10.7 Å². The molecular formula is C15H25N3O2S. The largest absolute Gasteiger partial charge is 0.492 e. The van der Waals surface area contributed by atoms with Gasteiger partial charge in [0.25, 0.3) is 5.91 Å². The summed E-state index contributed by atoms with van der Waals surface area (Å²) in [4.78, 5) is 15.0. The Balaban J connectivity index is 2.28. The molecule has 3 N–H and O–H groups in total. The van der Waals surface area contributed by atoms with Gasteiger partial charge >= 0.3 is 0 Å². The average Bonchev–Trinajstić information content (AvgIpc) is 2.95. The lowest BCUT2D eigenvalue weighted by molar-refractivity contribution is 0.0958. The Labute approximate surface area is 130 Å². The van der Waals surface area contributed by atoms with Crippen LogP contribution in [0.1, 0.15) is 43.3 Å². The SMILES string of the molecule is CCCNC(=O)c1sc(N2CCC(C)(C)C2)c(OC)c1N. The van der Waals surface area contributed by atoms with E-state index in [1.165, 1.54) is 11.3 Å². The van der Waals surface area contributed by atoms with E-state index in [4.69, 9.17) is 10.5 Å². The zero-order chi connectivity index (χ0) is 15.6. The molecule has 0 aliphatic carbocycles. The number of nitrogens with zero attached hydrogens (tertiary/aromatic N) is 1. The highest BCUT2D eigenvalue weighted by Gasteiger charge is 2.33. The van der Waals surface area contributed by atoms with Crippen LogP contribution in [0.25, 0.3) is 0 Å². The average molecular weight is 311 g/mol. The van der Waals surface area contributed by atoms with Gasteiger partial charge in [-0.05, 0) is 18.3 Å². The van der Waals surface area contributed by atoms with Crippen LogP contribution in [-0.4, -0.2) is 32.7 Å². The maximum Gasteiger partial charge on any atom is 0.263 e. The molecule has 2 heterocycles. The molecule has 0 spiro atoms. The number of anilines is 2. The van der Waals surface area contributed by atoms with Gasteiger partial charge in [-0.25, -0.2) is 0 Å². The van der Waals surface area contributed by atoms with Crippen LogP contribution in [0, 0.1) is 5.41 Å². The Bertz CT molecular complexity index is 525. The van der Waals surface area contributed by atoms with Crippen molar-refractivity contribution in [1.82, 2.24) is 5.32 Å². The van der Waals surface area contributed by atoms with Gasteiger partial charge in [-0.3, -0.25) is 4.79 Å². The molecule has 1 aromatic heterocycles. The number of thiophene rings is 1. The summed E-state index contributed by atoms with van der Waals surface area (Å²) in [7, 11) is 1.61. The normalized spacial score (nSPS) is 17.0. The third-order valence-electron chi connectivity index (χ3n) is 3.79. The number of hydrogen-bond acceptors (Lipinski definition) is 5. The first-order valence-electron chi connectivity index (χ1n) is 7.39. The highest BCUT2D eigenvalue weighted by atomic mass is 32.1. The monoisotopic (exact) mass is 311 g/mol. The minimum absolute atomic E-state index is 0.109. The summed E-state index contributed by atoms with van der Waals surface area (Å²) in [5.41, 5.74) is 6.86. The summed E-state index contributed by atoms with van der Waals surface area (Å²) in [5.74, 6) is 0.529. The second kappa shape index (κ2) is 6.13. The van der Waals surface area contributed by atoms with Gasteiger partial charge in [0.1, 0.15) is 15.6 Å². The number of hydrogen-bond donors (Lipinski definition) is 2. The van der Waals surface area contributed by atoms with Crippen molar-refractivity contribution in [1.29, 1.82) is 0 Å². The van der Waals surface area contributed by atoms with Gasteiger partial charge < -0.3 is 20.7 Å². The number of methoxy groups -OCH3 is 1. The molecule has 0 unspecified atom stereocenters. The van der Waals surface area contributed by atoms with E-state index < -0.39 is 0 Å². The molecule has 0 radical (unpaired) electrons. The second-order valence-electron chi connectivity index (χ2n) is 6.27. The van der Waals surface area contributed by atoms with Crippen LogP contribution >= 0.6 is 11.3 Å². The molecule has 0 saturated carbocycles. The van der Waals surface area contributed by atoms with Gasteiger partial charge in [0.05, 0.1) is 7.11 Å². The standard InChI is InChI=1S/C15H25N3O2S/c1-5-7-17-13(19)12-10(16)11(20-4)14(21-12)18-8-6-15(2,3)9-18/h5-9,16H2,1-4H3,(H,17,19). The number of carbonyl (C=O) groups excluding carboxylic acids is 1. The topological polar surface area (TPSA) is 67.6 Å². The van der Waals surface area contributed by atoms with Gasteiger partial charge in [-0.2, -0.15) is 0 Å². The molecular weight excluding hydrogens is 286 g/mol. The number of rotatable bonds is 5. The first-order valence-corrected chi connectivity index (χ1v) is 8.20. The van der Waals surface area contributed by atoms with Gasteiger partial charge in [0, 0.05) is 19.6 Å². The Kier molecular flexibility index (Phi) is 4.66. The van der Waals surface area contributed by atoms with Gasteiger partial charge in [-0.1, -0.05) is 20.8 Å². The highest BCUT2D eigenvalue weighted by Crippen LogP contribution is 2.47. The lowest BCUT2D eigenvalue weighted by Gasteiger charge is -2.20. The van der Waals surface area contributed by atoms with Crippen LogP contribution < -0.4 is 20.7 Å². The van der Waals surface area contributed by atoms with Gasteiger partial charge in [-0.15, -0.1) is 11.3 Å². The smallest absolute Gasteiger partial charge is 0.263 e. The molecule has 2 rings (SSSR count). The fourth-order valence-corrected chi connectivity index (χ4v) is 3.73. The Morgan fingerprint density at radius 2 is 2.24 bits per heavy atom. The summed E-state index contributed by atoms with van der Waals surface area (Å²) in [6, 6.07) is 0. The summed E-state index contributed by atoms with van der Waals surface area (Å²) in [6.45, 7) is 9.12. The van der Waals surface area contributed by atoms with Crippen molar-refractivity contribution in [2.45, 2.75) is 33.6 Å². The lowest BCUT2D eigenvalue weighted by Crippen LogP contribution is -2.23. The molecule has 0 atom stereocenters. The molecule has 5 nitrogen and oxygen atoms in total. The Morgan fingerprint density at radius 1 is 1.52 bits per heavy atom. The summed E-state index contributed by atoms with van der Waals surface area (Å²) in [5, 5.41) is 3.85. The predicted octanol–water partition coefficient (Wildman–Crippen LogP) is 2.71. The maximum atomic E-state index is 12.2. The summed E-state index contributed by atoms with van der Waals surface area (Å²) < 4.78 is 5.46. The van der Waals surface area contributed by atoms with Crippen LogP contribution in [-0.2, 0) is 0 Å². The molecule has 1 fully saturated rings. The molecule has 1 aliphatic rings. The zero-order valence-electron chi connectivity index (χ0n) is 13.3. The minimum Gasteiger partial charge on any atom is -0.492 e. The molecule has 6 heteroatoms. The molecule has 1 saturated heterocycles. The van der Waals surface area contributed by atoms with E-state index in [1.54, 1.807) is 7.11 Å². The van der Waals surface area contributed by atoms with Crippen LogP contribution in [0.3, 0.4) is 0 Å². The van der Waals surface area contributed by atoms with Crippen molar-refractivity contribution >= 4 is 27.9 Å². The predicted molar refractivity (Wildman–Crippen MR) is 88.5 cm³/mol. The van der Waals surface area contributed by atoms with E-state index in [0.717, 1.165) is 30.9 Å². The third kappa shape index (κ3) is 3.26. The highest BCUT2D eigenvalue weighted by molar-refractivity contribution is 7.19. The molecule has 1 amide bonds. The number of carbonyl (C=O) groups is 1. The van der Waals surface area contributed by atoms with E-state index >= 15 is 0 Å². The van der Waals surface area contributed by atoms with Crippen LogP contribution in [0.2, 0.25) is 0 Å². The number of amides is 1. The van der Waals surface area contributed by atoms with E-state index in [2.05, 4.69) is 24.1 Å². The lowest BCUT2D eigenvalue weighted by atomic mass is 9.93. The quantitative estimate of drug-likeness (QED) is 0.877. The summed E-state index contributed by atoms with van der Waals surface area (Å²) in [6.07, 6.45) is 2.03. The number of nitrogen functional groups attached to an aromatic ring is 1. The molecule has 21 heavy (non-hydrogen) atoms. The van der Waals surface area contributed by atoms with E-state index in [0.29, 0.717) is 22.9 Å². The molecule has 118 valence electrons. The Morgan fingerprint density at radius 3 is 2.76 bits per heavy atom. The van der Waals surface area contributed by atoms with Crippen molar-refractivity contribution in [2.24, 2.45) is 5.41 Å². The first kappa shape index (κ1) is 15.9. The molecule has 1 aromatic rings. The number of nitrogens with two attached hydrogens (primary N) is 1. The summed E-state index contributed by atoms with van der Waals surface area (Å²) >= 11 is 1.43.